The topological polar surface area (TPSA) is 49.9 Å². The summed E-state index contributed by atoms with van der Waals surface area (Å²) >= 11 is 0. The molecule has 2 aromatic rings. The maximum absolute atomic E-state index is 14.2. The molecule has 1 fully saturated rings. The molecule has 4 rings (SSSR count). The van der Waals surface area contributed by atoms with E-state index in [0.717, 1.165) is 17.7 Å². The third-order valence-electron chi connectivity index (χ3n) is 5.78. The van der Waals surface area contributed by atoms with Gasteiger partial charge in [-0.15, -0.1) is 0 Å². The predicted octanol–water partition coefficient (Wildman–Crippen LogP) is 3.85. The van der Waals surface area contributed by atoms with Gasteiger partial charge in [-0.25, -0.2) is 4.39 Å². The van der Waals surface area contributed by atoms with Crippen molar-refractivity contribution in [2.45, 2.75) is 26.3 Å². The number of benzene rings is 2. The molecule has 1 unspecified atom stereocenters. The summed E-state index contributed by atoms with van der Waals surface area (Å²) in [5.74, 6) is -0.270. The summed E-state index contributed by atoms with van der Waals surface area (Å²) < 4.78 is 19.7. The van der Waals surface area contributed by atoms with Crippen molar-refractivity contribution in [3.8, 4) is 5.75 Å². The Kier molecular flexibility index (Phi) is 5.57. The molecule has 5 nitrogen and oxygen atoms in total. The zero-order valence-corrected chi connectivity index (χ0v) is 17.2. The van der Waals surface area contributed by atoms with E-state index in [0.29, 0.717) is 47.2 Å². The van der Waals surface area contributed by atoms with Crippen LogP contribution in [0.2, 0.25) is 0 Å². The highest BCUT2D eigenvalue weighted by molar-refractivity contribution is 6.35. The van der Waals surface area contributed by atoms with Crippen molar-refractivity contribution in [1.29, 1.82) is 0 Å². The van der Waals surface area contributed by atoms with Gasteiger partial charge in [0.05, 0.1) is 19.2 Å². The van der Waals surface area contributed by atoms with Crippen LogP contribution in [0.25, 0.3) is 5.57 Å². The van der Waals surface area contributed by atoms with Crippen molar-refractivity contribution in [1.82, 2.24) is 9.80 Å². The van der Waals surface area contributed by atoms with Gasteiger partial charge in [0.1, 0.15) is 17.3 Å². The monoisotopic (exact) mass is 408 g/mol. The highest BCUT2D eigenvalue weighted by Gasteiger charge is 2.43. The molecule has 2 heterocycles. The smallest absolute Gasteiger partial charge is 0.278 e. The van der Waals surface area contributed by atoms with Crippen molar-refractivity contribution in [2.75, 3.05) is 20.2 Å². The van der Waals surface area contributed by atoms with E-state index in [4.69, 9.17) is 4.74 Å². The Morgan fingerprint density at radius 1 is 1.07 bits per heavy atom. The summed E-state index contributed by atoms with van der Waals surface area (Å²) in [4.78, 5) is 30.1. The van der Waals surface area contributed by atoms with E-state index in [-0.39, 0.29) is 12.5 Å². The minimum atomic E-state index is -0.433. The Bertz CT molecular complexity index is 1020. The lowest BCUT2D eigenvalue weighted by molar-refractivity contribution is -0.138. The van der Waals surface area contributed by atoms with Gasteiger partial charge in [-0.05, 0) is 30.9 Å². The first kappa shape index (κ1) is 20.1. The normalized spacial score (nSPS) is 19.6. The van der Waals surface area contributed by atoms with E-state index in [9.17, 15) is 14.0 Å². The van der Waals surface area contributed by atoms with Gasteiger partial charge in [0.15, 0.2) is 0 Å². The maximum Gasteiger partial charge on any atom is 0.278 e. The van der Waals surface area contributed by atoms with Crippen molar-refractivity contribution >= 4 is 17.4 Å². The lowest BCUT2D eigenvalue weighted by atomic mass is 9.97. The van der Waals surface area contributed by atoms with Crippen LogP contribution in [0, 0.1) is 11.7 Å². The number of para-hydroxylation sites is 1. The van der Waals surface area contributed by atoms with Crippen LogP contribution in [0.3, 0.4) is 0 Å². The average Bonchev–Trinajstić information content (AvgIpc) is 2.99. The zero-order chi connectivity index (χ0) is 21.3. The van der Waals surface area contributed by atoms with Gasteiger partial charge in [0, 0.05) is 24.2 Å². The number of methoxy groups -OCH3 is 1. The minimum absolute atomic E-state index is 0.101. The number of likely N-dealkylation sites (tertiary alicyclic amines) is 1. The summed E-state index contributed by atoms with van der Waals surface area (Å²) in [5.41, 5.74) is 1.63. The quantitative estimate of drug-likeness (QED) is 0.706. The Balaban J connectivity index is 1.79. The summed E-state index contributed by atoms with van der Waals surface area (Å²) in [6, 6.07) is 13.4. The molecule has 2 aromatic carbocycles. The number of hydrogen-bond donors (Lipinski definition) is 0. The standard InChI is InChI=1S/C24H25FN2O3/c1-16-8-7-13-26(14-16)22-21(18-10-4-6-12-20(18)30-2)23(28)27(24(22)29)15-17-9-3-5-11-19(17)25/h3-6,9-12,16H,7-8,13-15H2,1-2H3. The van der Waals surface area contributed by atoms with Crippen LogP contribution in [0.1, 0.15) is 30.9 Å². The summed E-state index contributed by atoms with van der Waals surface area (Å²) in [5, 5.41) is 0. The van der Waals surface area contributed by atoms with E-state index in [1.165, 1.54) is 6.07 Å². The fourth-order valence-corrected chi connectivity index (χ4v) is 4.28. The molecule has 0 aromatic heterocycles. The van der Waals surface area contributed by atoms with Gasteiger partial charge in [-0.2, -0.15) is 0 Å². The summed E-state index contributed by atoms with van der Waals surface area (Å²) in [6.45, 7) is 3.47. The minimum Gasteiger partial charge on any atom is -0.496 e. The Morgan fingerprint density at radius 3 is 2.53 bits per heavy atom. The van der Waals surface area contributed by atoms with Gasteiger partial charge in [-0.3, -0.25) is 14.5 Å². The predicted molar refractivity (Wildman–Crippen MR) is 112 cm³/mol. The van der Waals surface area contributed by atoms with Gasteiger partial charge < -0.3 is 9.64 Å². The zero-order valence-electron chi connectivity index (χ0n) is 17.2. The molecule has 0 N–H and O–H groups in total. The summed E-state index contributed by atoms with van der Waals surface area (Å²) in [6.07, 6.45) is 2.05. The van der Waals surface area contributed by atoms with E-state index in [2.05, 4.69) is 6.92 Å². The second kappa shape index (κ2) is 8.30. The first-order chi connectivity index (χ1) is 14.5. The van der Waals surface area contributed by atoms with E-state index in [1.54, 1.807) is 37.4 Å². The second-order valence-electron chi connectivity index (χ2n) is 7.91. The lowest BCUT2D eigenvalue weighted by Gasteiger charge is -2.33. The SMILES string of the molecule is COc1ccccc1C1=C(N2CCCC(C)C2)C(=O)N(Cc2ccccc2F)C1=O. The highest BCUT2D eigenvalue weighted by atomic mass is 19.1. The first-order valence-corrected chi connectivity index (χ1v) is 10.2. The molecule has 0 saturated carbocycles. The number of carbonyl (C=O) groups excluding carboxylic acids is 2. The number of halogens is 1. The highest BCUT2D eigenvalue weighted by Crippen LogP contribution is 2.38. The van der Waals surface area contributed by atoms with Crippen molar-refractivity contribution in [2.24, 2.45) is 5.92 Å². The Morgan fingerprint density at radius 2 is 1.80 bits per heavy atom. The van der Waals surface area contributed by atoms with Crippen molar-refractivity contribution in [3.63, 3.8) is 0 Å². The molecule has 30 heavy (non-hydrogen) atoms. The number of piperidine rings is 1. The number of rotatable bonds is 5. The number of ether oxygens (including phenoxy) is 1. The van der Waals surface area contributed by atoms with Gasteiger partial charge in [0.25, 0.3) is 11.8 Å². The first-order valence-electron chi connectivity index (χ1n) is 10.2. The Labute approximate surface area is 175 Å². The van der Waals surface area contributed by atoms with Crippen LogP contribution in [0.15, 0.2) is 54.2 Å². The largest absolute Gasteiger partial charge is 0.496 e. The van der Waals surface area contributed by atoms with Crippen LogP contribution in [0.4, 0.5) is 4.39 Å². The number of carbonyl (C=O) groups is 2. The molecule has 0 radical (unpaired) electrons. The number of nitrogens with zero attached hydrogens (tertiary/aromatic N) is 2. The molecule has 6 heteroatoms. The van der Waals surface area contributed by atoms with E-state index >= 15 is 0 Å². The van der Waals surface area contributed by atoms with E-state index in [1.807, 2.05) is 17.0 Å². The van der Waals surface area contributed by atoms with Crippen LogP contribution < -0.4 is 4.74 Å². The van der Waals surface area contributed by atoms with Gasteiger partial charge in [0.2, 0.25) is 0 Å². The molecule has 2 aliphatic rings. The van der Waals surface area contributed by atoms with Gasteiger partial charge >= 0.3 is 0 Å². The van der Waals surface area contributed by atoms with E-state index < -0.39 is 11.7 Å². The Hall–Kier alpha value is -3.15. The molecule has 2 amide bonds. The molecule has 156 valence electrons. The fourth-order valence-electron chi connectivity index (χ4n) is 4.28. The molecule has 0 bridgehead atoms. The third kappa shape index (κ3) is 3.58. The van der Waals surface area contributed by atoms with Crippen LogP contribution >= 0.6 is 0 Å². The van der Waals surface area contributed by atoms with Gasteiger partial charge in [-0.1, -0.05) is 43.3 Å². The van der Waals surface area contributed by atoms with Crippen molar-refractivity contribution in [3.05, 3.63) is 71.2 Å². The van der Waals surface area contributed by atoms with Crippen LogP contribution in [0.5, 0.6) is 5.75 Å². The molecular formula is C24H25FN2O3. The summed E-state index contributed by atoms with van der Waals surface area (Å²) in [7, 11) is 1.54. The molecule has 1 atom stereocenters. The van der Waals surface area contributed by atoms with Crippen molar-refractivity contribution < 1.29 is 18.7 Å². The molecule has 0 spiro atoms. The second-order valence-corrected chi connectivity index (χ2v) is 7.91. The third-order valence-corrected chi connectivity index (χ3v) is 5.78. The number of imide groups is 1. The van der Waals surface area contributed by atoms with Crippen LogP contribution in [-0.2, 0) is 16.1 Å². The number of amides is 2. The average molecular weight is 408 g/mol. The molecule has 0 aliphatic carbocycles. The molecule has 1 saturated heterocycles. The molecule has 2 aliphatic heterocycles. The fraction of sp³-hybridized carbons (Fsp3) is 0.333. The number of hydrogen-bond acceptors (Lipinski definition) is 4. The maximum atomic E-state index is 14.2. The molecular weight excluding hydrogens is 383 g/mol. The van der Waals surface area contributed by atoms with Crippen LogP contribution in [-0.4, -0.2) is 41.8 Å². The lowest BCUT2D eigenvalue weighted by Crippen LogP contribution is -2.39.